The quantitative estimate of drug-likeness (QED) is 0.834. The molecule has 2 aromatic rings. The molecule has 0 atom stereocenters. The van der Waals surface area contributed by atoms with Crippen molar-refractivity contribution in [1.82, 2.24) is 0 Å². The second-order valence-corrected chi connectivity index (χ2v) is 7.03. The van der Waals surface area contributed by atoms with Crippen LogP contribution in [0.4, 0.5) is 5.69 Å². The Bertz CT molecular complexity index is 527. The summed E-state index contributed by atoms with van der Waals surface area (Å²) in [5, 5.41) is 6.09. The first-order valence-corrected chi connectivity index (χ1v) is 6.62. The minimum Gasteiger partial charge on any atom is -0.325 e. The predicted molar refractivity (Wildman–Crippen MR) is 73.5 cm³/mol. The van der Waals surface area contributed by atoms with Crippen LogP contribution in [0.25, 0.3) is 10.1 Å². The van der Waals surface area contributed by atoms with Gasteiger partial charge in [0.05, 0.1) is 4.32 Å². The molecule has 0 unspecified atom stereocenters. The summed E-state index contributed by atoms with van der Waals surface area (Å²) in [4.78, 5) is 11.8. The zero-order valence-electron chi connectivity index (χ0n) is 9.08. The monoisotopic (exact) mass is 297 g/mol. The molecule has 0 bridgehead atoms. The fourth-order valence-corrected chi connectivity index (χ4v) is 2.19. The smallest absolute Gasteiger partial charge is 0.240 e. The van der Waals surface area contributed by atoms with Gasteiger partial charge in [0.25, 0.3) is 0 Å². The van der Waals surface area contributed by atoms with E-state index in [0.717, 1.165) is 11.1 Å². The van der Waals surface area contributed by atoms with Crippen LogP contribution in [-0.4, -0.2) is 10.2 Å². The topological polar surface area (TPSA) is 29.1 Å². The number of amides is 1. The van der Waals surface area contributed by atoms with Crippen molar-refractivity contribution < 1.29 is 4.79 Å². The van der Waals surface area contributed by atoms with E-state index in [4.69, 9.17) is 0 Å². The minimum atomic E-state index is -0.545. The van der Waals surface area contributed by atoms with Crippen molar-refractivity contribution in [3.8, 4) is 0 Å². The fraction of sp³-hybridized carbons (Fsp3) is 0.250. The van der Waals surface area contributed by atoms with Gasteiger partial charge in [-0.25, -0.2) is 0 Å². The van der Waals surface area contributed by atoms with Crippen molar-refractivity contribution in [2.45, 2.75) is 18.2 Å². The van der Waals surface area contributed by atoms with E-state index in [1.165, 1.54) is 4.70 Å². The SMILES string of the molecule is CC(C)(Br)C(=O)Nc1ccc2sccc2c1. The molecule has 4 heteroatoms. The Labute approximate surface area is 107 Å². The molecule has 0 fully saturated rings. The number of hydrogen-bond donors (Lipinski definition) is 1. The van der Waals surface area contributed by atoms with E-state index in [1.807, 2.05) is 37.4 Å². The van der Waals surface area contributed by atoms with Gasteiger partial charge in [0.2, 0.25) is 5.91 Å². The third-order valence-electron chi connectivity index (χ3n) is 2.25. The Morgan fingerprint density at radius 3 is 2.81 bits per heavy atom. The molecule has 0 saturated heterocycles. The fourth-order valence-electron chi connectivity index (χ4n) is 1.32. The average Bonchev–Trinajstić information content (AvgIpc) is 2.63. The highest BCUT2D eigenvalue weighted by molar-refractivity contribution is 9.10. The van der Waals surface area contributed by atoms with Crippen LogP contribution in [-0.2, 0) is 4.79 Å². The first kappa shape index (κ1) is 11.6. The third kappa shape index (κ3) is 2.44. The normalized spacial score (nSPS) is 11.7. The number of carbonyl (C=O) groups is 1. The lowest BCUT2D eigenvalue weighted by Gasteiger charge is -2.15. The standard InChI is InChI=1S/C12H12BrNOS/c1-12(2,13)11(15)14-9-3-4-10-8(7-9)5-6-16-10/h3-7H,1-2H3,(H,14,15). The molecule has 84 valence electrons. The molecule has 1 amide bonds. The van der Waals surface area contributed by atoms with Gasteiger partial charge in [0.1, 0.15) is 0 Å². The largest absolute Gasteiger partial charge is 0.325 e. The first-order valence-electron chi connectivity index (χ1n) is 4.94. The molecule has 0 saturated carbocycles. The Kier molecular flexibility index (Phi) is 3.04. The van der Waals surface area contributed by atoms with Crippen molar-refractivity contribution in [3.05, 3.63) is 29.6 Å². The van der Waals surface area contributed by atoms with Gasteiger partial charge < -0.3 is 5.32 Å². The van der Waals surface area contributed by atoms with Gasteiger partial charge in [0, 0.05) is 10.4 Å². The summed E-state index contributed by atoms with van der Waals surface area (Å²) in [6, 6.07) is 7.99. The summed E-state index contributed by atoms with van der Waals surface area (Å²) in [7, 11) is 0. The highest BCUT2D eigenvalue weighted by Gasteiger charge is 2.23. The van der Waals surface area contributed by atoms with Gasteiger partial charge in [-0.1, -0.05) is 15.9 Å². The molecule has 0 spiro atoms. The van der Waals surface area contributed by atoms with Crippen molar-refractivity contribution in [2.75, 3.05) is 5.32 Å². The molecule has 16 heavy (non-hydrogen) atoms. The van der Waals surface area contributed by atoms with Gasteiger partial charge in [-0.15, -0.1) is 11.3 Å². The second-order valence-electron chi connectivity index (χ2n) is 4.10. The van der Waals surface area contributed by atoms with Crippen LogP contribution >= 0.6 is 27.3 Å². The van der Waals surface area contributed by atoms with Gasteiger partial charge in [0.15, 0.2) is 0 Å². The van der Waals surface area contributed by atoms with E-state index >= 15 is 0 Å². The second kappa shape index (κ2) is 4.18. The molecule has 1 N–H and O–H groups in total. The van der Waals surface area contributed by atoms with Crippen LogP contribution in [0.5, 0.6) is 0 Å². The maximum atomic E-state index is 11.8. The number of anilines is 1. The number of nitrogens with one attached hydrogen (secondary N) is 1. The van der Waals surface area contributed by atoms with Gasteiger partial charge in [-0.05, 0) is 48.9 Å². The van der Waals surface area contributed by atoms with Crippen LogP contribution in [0.3, 0.4) is 0 Å². The maximum absolute atomic E-state index is 11.8. The lowest BCUT2D eigenvalue weighted by molar-refractivity contribution is -0.117. The molecule has 0 radical (unpaired) electrons. The summed E-state index contributed by atoms with van der Waals surface area (Å²) in [5.74, 6) is -0.0397. The molecule has 2 rings (SSSR count). The Balaban J connectivity index is 2.24. The van der Waals surface area contributed by atoms with Gasteiger partial charge >= 0.3 is 0 Å². The summed E-state index contributed by atoms with van der Waals surface area (Å²) >= 11 is 5.03. The van der Waals surface area contributed by atoms with Crippen LogP contribution in [0.1, 0.15) is 13.8 Å². The Morgan fingerprint density at radius 1 is 1.38 bits per heavy atom. The summed E-state index contributed by atoms with van der Waals surface area (Å²) in [5.41, 5.74) is 0.837. The lowest BCUT2D eigenvalue weighted by Crippen LogP contribution is -2.30. The number of alkyl halides is 1. The molecule has 0 aliphatic heterocycles. The number of thiophene rings is 1. The van der Waals surface area contributed by atoms with Crippen LogP contribution in [0.15, 0.2) is 29.6 Å². The van der Waals surface area contributed by atoms with Crippen LogP contribution < -0.4 is 5.32 Å². The number of fused-ring (bicyclic) bond motifs is 1. The maximum Gasteiger partial charge on any atom is 0.240 e. The molecular formula is C12H12BrNOS. The first-order chi connectivity index (χ1) is 7.47. The third-order valence-corrected chi connectivity index (χ3v) is 3.51. The van der Waals surface area contributed by atoms with Crippen molar-refractivity contribution in [2.24, 2.45) is 0 Å². The zero-order chi connectivity index (χ0) is 11.8. The van der Waals surface area contributed by atoms with E-state index < -0.39 is 4.32 Å². The molecule has 1 heterocycles. The minimum absolute atomic E-state index is 0.0397. The highest BCUT2D eigenvalue weighted by atomic mass is 79.9. The molecule has 1 aromatic carbocycles. The van der Waals surface area contributed by atoms with E-state index in [1.54, 1.807) is 11.3 Å². The molecular weight excluding hydrogens is 286 g/mol. The summed E-state index contributed by atoms with van der Waals surface area (Å²) < 4.78 is 0.687. The van der Waals surface area contributed by atoms with E-state index in [0.29, 0.717) is 0 Å². The van der Waals surface area contributed by atoms with Crippen molar-refractivity contribution >= 4 is 48.9 Å². The number of halogens is 1. The Hall–Kier alpha value is -0.870. The summed E-state index contributed by atoms with van der Waals surface area (Å²) in [6.45, 7) is 3.65. The number of carbonyl (C=O) groups excluding carboxylic acids is 1. The average molecular weight is 298 g/mol. The van der Waals surface area contributed by atoms with Crippen molar-refractivity contribution in [3.63, 3.8) is 0 Å². The van der Waals surface area contributed by atoms with Gasteiger partial charge in [-0.2, -0.15) is 0 Å². The molecule has 0 aliphatic rings. The van der Waals surface area contributed by atoms with E-state index in [-0.39, 0.29) is 5.91 Å². The lowest BCUT2D eigenvalue weighted by atomic mass is 10.2. The van der Waals surface area contributed by atoms with Gasteiger partial charge in [-0.3, -0.25) is 4.79 Å². The molecule has 1 aromatic heterocycles. The number of benzene rings is 1. The van der Waals surface area contributed by atoms with E-state index in [2.05, 4.69) is 27.3 Å². The Morgan fingerprint density at radius 2 is 2.12 bits per heavy atom. The molecule has 2 nitrogen and oxygen atoms in total. The predicted octanol–water partition coefficient (Wildman–Crippen LogP) is 4.01. The zero-order valence-corrected chi connectivity index (χ0v) is 11.5. The van der Waals surface area contributed by atoms with Crippen LogP contribution in [0, 0.1) is 0 Å². The summed E-state index contributed by atoms with van der Waals surface area (Å²) in [6.07, 6.45) is 0. The molecule has 0 aliphatic carbocycles. The highest BCUT2D eigenvalue weighted by Crippen LogP contribution is 2.25. The van der Waals surface area contributed by atoms with Crippen molar-refractivity contribution in [1.29, 1.82) is 0 Å². The number of rotatable bonds is 2. The number of hydrogen-bond acceptors (Lipinski definition) is 2. The van der Waals surface area contributed by atoms with E-state index in [9.17, 15) is 4.79 Å². The van der Waals surface area contributed by atoms with Crippen LogP contribution in [0.2, 0.25) is 0 Å².